The minimum Gasteiger partial charge on any atom is -0.352 e. The molecule has 0 saturated heterocycles. The van der Waals surface area contributed by atoms with Crippen molar-refractivity contribution in [3.8, 4) is 0 Å². The minimum atomic E-state index is -0.246. The van der Waals surface area contributed by atoms with Gasteiger partial charge in [-0.1, -0.05) is 0 Å². The first-order valence-electron chi connectivity index (χ1n) is 6.64. The Bertz CT molecular complexity index is 673. The van der Waals surface area contributed by atoms with Gasteiger partial charge in [0.25, 0.3) is 5.91 Å². The number of amides is 2. The third-order valence-electron chi connectivity index (χ3n) is 3.44. The number of aromatic nitrogens is 2. The molecule has 104 valence electrons. The molecule has 2 aromatic rings. The van der Waals surface area contributed by atoms with Gasteiger partial charge < -0.3 is 15.0 Å². The first-order chi connectivity index (χ1) is 9.65. The number of hydrogen-bond acceptors (Lipinski definition) is 3. The molecule has 3 rings (SSSR count). The minimum absolute atomic E-state index is 0.0107. The molecule has 1 fully saturated rings. The van der Waals surface area contributed by atoms with Crippen LogP contribution < -0.4 is 10.6 Å². The molecule has 0 atom stereocenters. The van der Waals surface area contributed by atoms with E-state index in [1.54, 1.807) is 18.6 Å². The van der Waals surface area contributed by atoms with Gasteiger partial charge in [-0.05, 0) is 31.9 Å². The highest BCUT2D eigenvalue weighted by Crippen LogP contribution is 2.18. The molecule has 1 aliphatic carbocycles. The van der Waals surface area contributed by atoms with E-state index < -0.39 is 0 Å². The van der Waals surface area contributed by atoms with Crippen LogP contribution >= 0.6 is 0 Å². The zero-order valence-electron chi connectivity index (χ0n) is 11.2. The second-order valence-corrected chi connectivity index (χ2v) is 5.05. The Morgan fingerprint density at radius 2 is 2.20 bits per heavy atom. The molecule has 0 aliphatic heterocycles. The molecule has 1 saturated carbocycles. The van der Waals surface area contributed by atoms with Gasteiger partial charge in [0, 0.05) is 11.7 Å². The van der Waals surface area contributed by atoms with Crippen LogP contribution in [0, 0.1) is 6.92 Å². The molecule has 0 radical (unpaired) electrons. The summed E-state index contributed by atoms with van der Waals surface area (Å²) in [5.41, 5.74) is 2.29. The normalized spacial score (nSPS) is 14.2. The number of carbonyl (C=O) groups excluding carboxylic acids is 2. The number of carbonyl (C=O) groups is 2. The molecule has 2 amide bonds. The van der Waals surface area contributed by atoms with Crippen LogP contribution in [0.2, 0.25) is 0 Å². The maximum absolute atomic E-state index is 12.1. The van der Waals surface area contributed by atoms with Crippen LogP contribution in [-0.4, -0.2) is 33.8 Å². The maximum Gasteiger partial charge on any atom is 0.253 e. The molecule has 0 unspecified atom stereocenters. The zero-order chi connectivity index (χ0) is 14.1. The Hall–Kier alpha value is -2.37. The average Bonchev–Trinajstić information content (AvgIpc) is 3.10. The van der Waals surface area contributed by atoms with Crippen LogP contribution in [0.15, 0.2) is 24.7 Å². The van der Waals surface area contributed by atoms with Gasteiger partial charge in [0.15, 0.2) is 0 Å². The highest BCUT2D eigenvalue weighted by Gasteiger charge is 2.23. The van der Waals surface area contributed by atoms with Gasteiger partial charge in [0.2, 0.25) is 5.91 Å². The Morgan fingerprint density at radius 1 is 1.40 bits per heavy atom. The Morgan fingerprint density at radius 3 is 2.95 bits per heavy atom. The van der Waals surface area contributed by atoms with Crippen molar-refractivity contribution >= 4 is 17.3 Å². The van der Waals surface area contributed by atoms with Crippen LogP contribution in [0.5, 0.6) is 0 Å². The highest BCUT2D eigenvalue weighted by molar-refractivity contribution is 5.97. The van der Waals surface area contributed by atoms with Crippen molar-refractivity contribution in [1.29, 1.82) is 0 Å². The molecule has 20 heavy (non-hydrogen) atoms. The summed E-state index contributed by atoms with van der Waals surface area (Å²) in [4.78, 5) is 27.7. The lowest BCUT2D eigenvalue weighted by Crippen LogP contribution is -2.38. The van der Waals surface area contributed by atoms with E-state index in [4.69, 9.17) is 0 Å². The smallest absolute Gasteiger partial charge is 0.253 e. The van der Waals surface area contributed by atoms with Crippen molar-refractivity contribution in [2.24, 2.45) is 0 Å². The van der Waals surface area contributed by atoms with E-state index >= 15 is 0 Å². The van der Waals surface area contributed by atoms with Crippen molar-refractivity contribution < 1.29 is 9.59 Å². The van der Waals surface area contributed by atoms with Gasteiger partial charge in [-0.25, -0.2) is 4.98 Å². The summed E-state index contributed by atoms with van der Waals surface area (Å²) >= 11 is 0. The molecule has 6 heteroatoms. The molecule has 0 bridgehead atoms. The second-order valence-electron chi connectivity index (χ2n) is 5.05. The quantitative estimate of drug-likeness (QED) is 0.858. The topological polar surface area (TPSA) is 75.5 Å². The first-order valence-corrected chi connectivity index (χ1v) is 6.64. The van der Waals surface area contributed by atoms with Crippen molar-refractivity contribution in [2.45, 2.75) is 25.8 Å². The van der Waals surface area contributed by atoms with E-state index in [1.807, 2.05) is 17.4 Å². The molecule has 0 aromatic carbocycles. The molecular weight excluding hydrogens is 256 g/mol. The standard InChI is InChI=1S/C14H16N4O2/c1-9-12(5-4-11-6-15-8-18(9)11)14(20)16-7-13(19)17-10-2-3-10/h4-6,8,10H,2-3,7H2,1H3,(H,16,20)(H,17,19). The van der Waals surface area contributed by atoms with Gasteiger partial charge >= 0.3 is 0 Å². The predicted octanol–water partition coefficient (Wildman–Crippen LogP) is 0.651. The van der Waals surface area contributed by atoms with Crippen LogP contribution in [0.4, 0.5) is 0 Å². The number of aryl methyl sites for hydroxylation is 1. The van der Waals surface area contributed by atoms with E-state index in [0.717, 1.165) is 24.1 Å². The van der Waals surface area contributed by atoms with Gasteiger partial charge in [-0.3, -0.25) is 9.59 Å². The molecule has 0 spiro atoms. The summed E-state index contributed by atoms with van der Waals surface area (Å²) in [5.74, 6) is -0.383. The number of hydrogen-bond donors (Lipinski definition) is 2. The number of pyridine rings is 1. The van der Waals surface area contributed by atoms with E-state index in [2.05, 4.69) is 15.6 Å². The Labute approximate surface area is 116 Å². The van der Waals surface area contributed by atoms with Crippen molar-refractivity contribution in [2.75, 3.05) is 6.54 Å². The summed E-state index contributed by atoms with van der Waals surface area (Å²) in [6.07, 6.45) is 5.48. The predicted molar refractivity (Wildman–Crippen MR) is 73.4 cm³/mol. The Balaban J connectivity index is 1.68. The molecule has 6 nitrogen and oxygen atoms in total. The maximum atomic E-state index is 12.1. The van der Waals surface area contributed by atoms with Crippen molar-refractivity contribution in [1.82, 2.24) is 20.0 Å². The zero-order valence-corrected chi connectivity index (χ0v) is 11.2. The fourth-order valence-corrected chi connectivity index (χ4v) is 2.13. The van der Waals surface area contributed by atoms with Crippen LogP contribution in [-0.2, 0) is 4.79 Å². The number of fused-ring (bicyclic) bond motifs is 1. The lowest BCUT2D eigenvalue weighted by Gasteiger charge is -2.09. The number of nitrogens with zero attached hydrogens (tertiary/aromatic N) is 2. The van der Waals surface area contributed by atoms with E-state index in [0.29, 0.717) is 11.6 Å². The third kappa shape index (κ3) is 2.49. The molecular formula is C14H16N4O2. The third-order valence-corrected chi connectivity index (χ3v) is 3.44. The lowest BCUT2D eigenvalue weighted by molar-refractivity contribution is -0.120. The first kappa shape index (κ1) is 12.7. The summed E-state index contributed by atoms with van der Waals surface area (Å²) in [7, 11) is 0. The summed E-state index contributed by atoms with van der Waals surface area (Å²) in [6, 6.07) is 3.89. The lowest BCUT2D eigenvalue weighted by atomic mass is 10.2. The van der Waals surface area contributed by atoms with Gasteiger partial charge in [-0.2, -0.15) is 0 Å². The molecule has 1 aliphatic rings. The monoisotopic (exact) mass is 272 g/mol. The number of nitrogens with one attached hydrogen (secondary N) is 2. The molecule has 2 heterocycles. The second kappa shape index (κ2) is 4.96. The number of imidazole rings is 1. The van der Waals surface area contributed by atoms with Crippen LogP contribution in [0.25, 0.3) is 5.52 Å². The SMILES string of the molecule is Cc1c(C(=O)NCC(=O)NC2CC2)ccc2cncn12. The number of rotatable bonds is 4. The van der Waals surface area contributed by atoms with Gasteiger partial charge in [0.05, 0.1) is 30.1 Å². The fourth-order valence-electron chi connectivity index (χ4n) is 2.13. The highest BCUT2D eigenvalue weighted by atomic mass is 16.2. The largest absolute Gasteiger partial charge is 0.352 e. The van der Waals surface area contributed by atoms with Crippen molar-refractivity contribution in [3.05, 3.63) is 35.9 Å². The average molecular weight is 272 g/mol. The summed E-state index contributed by atoms with van der Waals surface area (Å²) < 4.78 is 1.85. The van der Waals surface area contributed by atoms with Crippen molar-refractivity contribution in [3.63, 3.8) is 0 Å². The molecule has 2 N–H and O–H groups in total. The van der Waals surface area contributed by atoms with E-state index in [-0.39, 0.29) is 18.4 Å². The van der Waals surface area contributed by atoms with Crippen LogP contribution in [0.1, 0.15) is 28.9 Å². The van der Waals surface area contributed by atoms with E-state index in [1.165, 1.54) is 0 Å². The molecule has 2 aromatic heterocycles. The van der Waals surface area contributed by atoms with Gasteiger partial charge in [-0.15, -0.1) is 0 Å². The summed E-state index contributed by atoms with van der Waals surface area (Å²) in [6.45, 7) is 1.87. The fraction of sp³-hybridized carbons (Fsp3) is 0.357. The summed E-state index contributed by atoms with van der Waals surface area (Å²) in [5, 5.41) is 5.48. The Kier molecular flexibility index (Phi) is 3.14. The van der Waals surface area contributed by atoms with Crippen LogP contribution in [0.3, 0.4) is 0 Å². The van der Waals surface area contributed by atoms with E-state index in [9.17, 15) is 9.59 Å². The van der Waals surface area contributed by atoms with Gasteiger partial charge in [0.1, 0.15) is 0 Å².